The Labute approximate surface area is 195 Å². The van der Waals surface area contributed by atoms with E-state index in [1.807, 2.05) is 24.3 Å². The SMILES string of the molecule is O=C(Nc1cccc(CNc2ncnc3c2ncn3[C@@H]2O[C@H](CO)[C@@H](O)[C@H]2O)c1)[C@@H]1CCCN1. The number of aliphatic hydroxyl groups excluding tert-OH is 3. The predicted molar refractivity (Wildman–Crippen MR) is 122 cm³/mol. The molecule has 12 heteroatoms. The summed E-state index contributed by atoms with van der Waals surface area (Å²) in [6.45, 7) is 0.873. The summed E-state index contributed by atoms with van der Waals surface area (Å²) >= 11 is 0. The Morgan fingerprint density at radius 3 is 2.88 bits per heavy atom. The summed E-state index contributed by atoms with van der Waals surface area (Å²) in [7, 11) is 0. The van der Waals surface area contributed by atoms with Gasteiger partial charge in [0.2, 0.25) is 5.91 Å². The molecule has 6 N–H and O–H groups in total. The Bertz CT molecular complexity index is 1170. The summed E-state index contributed by atoms with van der Waals surface area (Å²) in [5.41, 5.74) is 2.54. The van der Waals surface area contributed by atoms with Crippen LogP contribution in [0, 0.1) is 0 Å². The maximum atomic E-state index is 12.4. The first-order chi connectivity index (χ1) is 16.5. The van der Waals surface area contributed by atoms with E-state index in [1.54, 1.807) is 0 Å². The molecule has 0 unspecified atom stereocenters. The second-order valence-electron chi connectivity index (χ2n) is 8.47. The summed E-state index contributed by atoms with van der Waals surface area (Å²) in [4.78, 5) is 25.3. The molecule has 180 valence electrons. The molecule has 2 saturated heterocycles. The first-order valence-electron chi connectivity index (χ1n) is 11.2. The molecule has 3 aromatic rings. The molecule has 2 aliphatic rings. The topological polar surface area (TPSA) is 167 Å². The summed E-state index contributed by atoms with van der Waals surface area (Å²) in [5, 5.41) is 39.1. The fourth-order valence-electron chi connectivity index (χ4n) is 4.36. The van der Waals surface area contributed by atoms with Crippen LogP contribution in [-0.4, -0.2) is 78.3 Å². The number of hydrogen-bond acceptors (Lipinski definition) is 10. The summed E-state index contributed by atoms with van der Waals surface area (Å²) < 4.78 is 7.10. The van der Waals surface area contributed by atoms with E-state index in [4.69, 9.17) is 4.74 Å². The van der Waals surface area contributed by atoms with Crippen molar-refractivity contribution in [3.8, 4) is 0 Å². The van der Waals surface area contributed by atoms with Gasteiger partial charge >= 0.3 is 0 Å². The maximum absolute atomic E-state index is 12.4. The lowest BCUT2D eigenvalue weighted by molar-refractivity contribution is -0.117. The van der Waals surface area contributed by atoms with E-state index >= 15 is 0 Å². The van der Waals surface area contributed by atoms with E-state index in [0.29, 0.717) is 23.5 Å². The van der Waals surface area contributed by atoms with Gasteiger partial charge in [0, 0.05) is 12.2 Å². The van der Waals surface area contributed by atoms with Gasteiger partial charge in [0.05, 0.1) is 19.0 Å². The lowest BCUT2D eigenvalue weighted by Crippen LogP contribution is -2.35. The number of imidazole rings is 1. The number of fused-ring (bicyclic) bond motifs is 1. The smallest absolute Gasteiger partial charge is 0.241 e. The normalized spacial score (nSPS) is 26.7. The fraction of sp³-hybridized carbons (Fsp3) is 0.455. The quantitative estimate of drug-likeness (QED) is 0.271. The Morgan fingerprint density at radius 2 is 2.12 bits per heavy atom. The summed E-state index contributed by atoms with van der Waals surface area (Å²) in [5.74, 6) is 0.454. The van der Waals surface area contributed by atoms with Gasteiger partial charge in [-0.15, -0.1) is 0 Å². The Kier molecular flexibility index (Phi) is 6.39. The van der Waals surface area contributed by atoms with Crippen LogP contribution in [0.4, 0.5) is 11.5 Å². The zero-order chi connectivity index (χ0) is 23.7. The van der Waals surface area contributed by atoms with E-state index in [2.05, 4.69) is 30.9 Å². The number of anilines is 2. The van der Waals surface area contributed by atoms with E-state index < -0.39 is 31.1 Å². The third-order valence-electron chi connectivity index (χ3n) is 6.18. The highest BCUT2D eigenvalue weighted by Crippen LogP contribution is 2.32. The number of aliphatic hydroxyl groups is 3. The molecular weight excluding hydrogens is 442 g/mol. The number of carbonyl (C=O) groups excluding carboxylic acids is 1. The number of benzene rings is 1. The number of amides is 1. The number of hydrogen-bond donors (Lipinski definition) is 6. The molecular formula is C22H27N7O5. The van der Waals surface area contributed by atoms with Crippen molar-refractivity contribution >= 4 is 28.6 Å². The van der Waals surface area contributed by atoms with Gasteiger partial charge in [-0.1, -0.05) is 12.1 Å². The second kappa shape index (κ2) is 9.60. The standard InChI is InChI=1S/C22H27N7O5/c30-9-15-17(31)18(32)22(34-15)29-11-27-16-19(25-10-26-20(16)29)24-8-12-3-1-4-13(7-12)28-21(33)14-5-2-6-23-14/h1,3-4,7,10-11,14-15,17-18,22-23,30-32H,2,5-6,8-9H2,(H,28,33)(H,24,25,26)/t14-,15+,17+,18+,22+/m0/s1. The highest BCUT2D eigenvalue weighted by Gasteiger charge is 2.44. The molecule has 5 rings (SSSR count). The fourth-order valence-corrected chi connectivity index (χ4v) is 4.36. The minimum absolute atomic E-state index is 0.0319. The van der Waals surface area contributed by atoms with Crippen molar-refractivity contribution in [2.45, 2.75) is 50.0 Å². The van der Waals surface area contributed by atoms with Gasteiger partial charge in [0.25, 0.3) is 0 Å². The molecule has 1 amide bonds. The van der Waals surface area contributed by atoms with Crippen LogP contribution in [0.5, 0.6) is 0 Å². The molecule has 2 fully saturated rings. The Balaban J connectivity index is 1.29. The Hall–Kier alpha value is -3.16. The van der Waals surface area contributed by atoms with Crippen molar-refractivity contribution in [2.75, 3.05) is 23.8 Å². The minimum Gasteiger partial charge on any atom is -0.394 e. The number of aromatic nitrogens is 4. The highest BCUT2D eigenvalue weighted by molar-refractivity contribution is 5.95. The average Bonchev–Trinajstić information content (AvgIpc) is 3.59. The van der Waals surface area contributed by atoms with E-state index in [1.165, 1.54) is 17.2 Å². The van der Waals surface area contributed by atoms with Crippen LogP contribution in [0.1, 0.15) is 24.6 Å². The first kappa shape index (κ1) is 22.6. The molecule has 4 heterocycles. The largest absolute Gasteiger partial charge is 0.394 e. The Morgan fingerprint density at radius 1 is 1.24 bits per heavy atom. The molecule has 0 spiro atoms. The van der Waals surface area contributed by atoms with E-state index in [9.17, 15) is 20.1 Å². The van der Waals surface area contributed by atoms with Crippen LogP contribution in [0.15, 0.2) is 36.9 Å². The number of nitrogens with zero attached hydrogens (tertiary/aromatic N) is 4. The average molecular weight is 470 g/mol. The molecule has 12 nitrogen and oxygen atoms in total. The van der Waals surface area contributed by atoms with Gasteiger partial charge in [-0.2, -0.15) is 0 Å². The molecule has 34 heavy (non-hydrogen) atoms. The highest BCUT2D eigenvalue weighted by atomic mass is 16.6. The molecule has 2 aromatic heterocycles. The predicted octanol–water partition coefficient (Wildman–Crippen LogP) is -0.260. The molecule has 0 saturated carbocycles. The molecule has 0 radical (unpaired) electrons. The summed E-state index contributed by atoms with van der Waals surface area (Å²) in [6.07, 6.45) is 0.380. The number of rotatable bonds is 7. The van der Waals surface area contributed by atoms with Gasteiger partial charge in [0.15, 0.2) is 23.2 Å². The van der Waals surface area contributed by atoms with Crippen LogP contribution in [-0.2, 0) is 16.1 Å². The maximum Gasteiger partial charge on any atom is 0.241 e. The van der Waals surface area contributed by atoms with Crippen molar-refractivity contribution in [2.24, 2.45) is 0 Å². The van der Waals surface area contributed by atoms with Crippen molar-refractivity contribution in [1.29, 1.82) is 0 Å². The lowest BCUT2D eigenvalue weighted by Gasteiger charge is -2.16. The number of carbonyl (C=O) groups is 1. The zero-order valence-corrected chi connectivity index (χ0v) is 18.3. The lowest BCUT2D eigenvalue weighted by atomic mass is 10.1. The van der Waals surface area contributed by atoms with Gasteiger partial charge in [-0.3, -0.25) is 9.36 Å². The second-order valence-corrected chi connectivity index (χ2v) is 8.47. The molecule has 0 aliphatic carbocycles. The first-order valence-corrected chi connectivity index (χ1v) is 11.2. The van der Waals surface area contributed by atoms with Crippen LogP contribution < -0.4 is 16.0 Å². The van der Waals surface area contributed by atoms with Gasteiger partial charge < -0.3 is 36.0 Å². The van der Waals surface area contributed by atoms with E-state index in [-0.39, 0.29) is 11.9 Å². The number of ether oxygens (including phenoxy) is 1. The minimum atomic E-state index is -1.24. The van der Waals surface area contributed by atoms with Gasteiger partial charge in [0.1, 0.15) is 24.6 Å². The van der Waals surface area contributed by atoms with Gasteiger partial charge in [-0.25, -0.2) is 15.0 Å². The van der Waals surface area contributed by atoms with Gasteiger partial charge in [-0.05, 0) is 37.1 Å². The van der Waals surface area contributed by atoms with Crippen molar-refractivity contribution in [1.82, 2.24) is 24.8 Å². The van der Waals surface area contributed by atoms with E-state index in [0.717, 1.165) is 30.6 Å². The van der Waals surface area contributed by atoms with Crippen LogP contribution in [0.25, 0.3) is 11.2 Å². The molecule has 0 bridgehead atoms. The van der Waals surface area contributed by atoms with Crippen molar-refractivity contribution < 1.29 is 24.9 Å². The van der Waals surface area contributed by atoms with Crippen molar-refractivity contribution in [3.63, 3.8) is 0 Å². The zero-order valence-electron chi connectivity index (χ0n) is 18.3. The van der Waals surface area contributed by atoms with Crippen LogP contribution in [0.3, 0.4) is 0 Å². The van der Waals surface area contributed by atoms with Crippen LogP contribution >= 0.6 is 0 Å². The molecule has 1 aromatic carbocycles. The monoisotopic (exact) mass is 469 g/mol. The molecule has 2 aliphatic heterocycles. The summed E-state index contributed by atoms with van der Waals surface area (Å²) in [6, 6.07) is 7.41. The van der Waals surface area contributed by atoms with Crippen LogP contribution in [0.2, 0.25) is 0 Å². The third kappa shape index (κ3) is 4.33. The molecule has 5 atom stereocenters. The third-order valence-corrected chi connectivity index (χ3v) is 6.18. The number of nitrogens with one attached hydrogen (secondary N) is 3. The van der Waals surface area contributed by atoms with Crippen molar-refractivity contribution in [3.05, 3.63) is 42.5 Å².